The van der Waals surface area contributed by atoms with E-state index in [1.165, 1.54) is 0 Å². The normalized spacial score (nSPS) is 21.9. The second-order valence-corrected chi connectivity index (χ2v) is 5.47. The van der Waals surface area contributed by atoms with E-state index in [9.17, 15) is 4.79 Å². The predicted molar refractivity (Wildman–Crippen MR) is 87.6 cm³/mol. The molecule has 0 spiro atoms. The molecule has 2 atom stereocenters. The van der Waals surface area contributed by atoms with Crippen LogP contribution < -0.4 is 5.32 Å². The molecule has 1 N–H and O–H groups in total. The molecule has 3 nitrogen and oxygen atoms in total. The first-order valence-electron chi connectivity index (χ1n) is 6.97. The molecule has 1 amide bonds. The van der Waals surface area contributed by atoms with Crippen LogP contribution in [0, 0.1) is 11.8 Å². The molecule has 0 saturated carbocycles. The van der Waals surface area contributed by atoms with Gasteiger partial charge in [0.05, 0.1) is 5.71 Å². The second-order valence-electron chi connectivity index (χ2n) is 5.04. The standard InChI is InChI=1S/C17H19ClN2O/c1-12-8-9-14(18)10-15(12)17(20-11-16(21)19-2)13-6-4-3-5-7-13/h3-10,12,15H,11H2,1-2H3,(H,19,21). The van der Waals surface area contributed by atoms with Crippen LogP contribution in [0.1, 0.15) is 12.5 Å². The molecule has 1 aromatic carbocycles. The van der Waals surface area contributed by atoms with Crippen molar-refractivity contribution in [3.05, 3.63) is 59.2 Å². The average Bonchev–Trinajstić information content (AvgIpc) is 2.51. The van der Waals surface area contributed by atoms with Crippen molar-refractivity contribution in [2.45, 2.75) is 6.92 Å². The van der Waals surface area contributed by atoms with Crippen molar-refractivity contribution in [2.24, 2.45) is 16.8 Å². The number of halogens is 1. The van der Waals surface area contributed by atoms with Gasteiger partial charge in [0.25, 0.3) is 0 Å². The lowest BCUT2D eigenvalue weighted by Crippen LogP contribution is -2.26. The van der Waals surface area contributed by atoms with Gasteiger partial charge in [0.15, 0.2) is 0 Å². The first-order chi connectivity index (χ1) is 10.1. The number of benzene rings is 1. The predicted octanol–water partition coefficient (Wildman–Crippen LogP) is 3.17. The summed E-state index contributed by atoms with van der Waals surface area (Å²) >= 11 is 6.14. The van der Waals surface area contributed by atoms with E-state index >= 15 is 0 Å². The molecule has 1 aromatic rings. The SMILES string of the molecule is CNC(=O)CN=C(c1ccccc1)C1C=C(Cl)C=CC1C. The minimum atomic E-state index is -0.0995. The van der Waals surface area contributed by atoms with Crippen molar-refractivity contribution in [1.29, 1.82) is 0 Å². The van der Waals surface area contributed by atoms with Crippen LogP contribution in [-0.2, 0) is 4.79 Å². The Kier molecular flexibility index (Phi) is 5.34. The van der Waals surface area contributed by atoms with Crippen LogP contribution in [0.25, 0.3) is 0 Å². The zero-order valence-electron chi connectivity index (χ0n) is 12.2. The number of aliphatic imine (C=N–C) groups is 1. The Hall–Kier alpha value is -1.87. The van der Waals surface area contributed by atoms with Crippen molar-refractivity contribution in [1.82, 2.24) is 5.32 Å². The third-order valence-corrected chi connectivity index (χ3v) is 3.77. The number of nitrogens with zero attached hydrogens (tertiary/aromatic N) is 1. The number of likely N-dealkylation sites (N-methyl/N-ethyl adjacent to an activating group) is 1. The molecule has 0 bridgehead atoms. The van der Waals surface area contributed by atoms with E-state index in [1.54, 1.807) is 7.05 Å². The van der Waals surface area contributed by atoms with Crippen LogP contribution in [0.3, 0.4) is 0 Å². The van der Waals surface area contributed by atoms with Crippen molar-refractivity contribution < 1.29 is 4.79 Å². The lowest BCUT2D eigenvalue weighted by molar-refractivity contribution is -0.119. The fourth-order valence-electron chi connectivity index (χ4n) is 2.30. The van der Waals surface area contributed by atoms with Crippen molar-refractivity contribution in [2.75, 3.05) is 13.6 Å². The summed E-state index contributed by atoms with van der Waals surface area (Å²) in [5.74, 6) is 0.267. The molecule has 110 valence electrons. The monoisotopic (exact) mass is 302 g/mol. The van der Waals surface area contributed by atoms with E-state index in [-0.39, 0.29) is 24.3 Å². The van der Waals surface area contributed by atoms with E-state index in [0.717, 1.165) is 11.3 Å². The van der Waals surface area contributed by atoms with Gasteiger partial charge in [-0.05, 0) is 17.6 Å². The molecule has 0 fully saturated rings. The quantitative estimate of drug-likeness (QED) is 0.853. The van der Waals surface area contributed by atoms with Crippen molar-refractivity contribution >= 4 is 23.2 Å². The summed E-state index contributed by atoms with van der Waals surface area (Å²) in [5.41, 5.74) is 1.92. The number of hydrogen-bond acceptors (Lipinski definition) is 2. The summed E-state index contributed by atoms with van der Waals surface area (Å²) in [6.45, 7) is 2.25. The van der Waals surface area contributed by atoms with Gasteiger partial charge in [0, 0.05) is 18.0 Å². The molecule has 2 rings (SSSR count). The Balaban J connectivity index is 2.37. The Labute approximate surface area is 130 Å². The van der Waals surface area contributed by atoms with Gasteiger partial charge in [0.1, 0.15) is 6.54 Å². The molecule has 0 saturated heterocycles. The van der Waals surface area contributed by atoms with E-state index in [0.29, 0.717) is 5.03 Å². The molecule has 0 aromatic heterocycles. The van der Waals surface area contributed by atoms with Gasteiger partial charge in [-0.1, -0.05) is 61.0 Å². The summed E-state index contributed by atoms with van der Waals surface area (Å²) in [4.78, 5) is 16.0. The first-order valence-corrected chi connectivity index (χ1v) is 7.35. The Morgan fingerprint density at radius 3 is 2.71 bits per heavy atom. The highest BCUT2D eigenvalue weighted by Crippen LogP contribution is 2.28. The lowest BCUT2D eigenvalue weighted by atomic mass is 9.83. The largest absolute Gasteiger partial charge is 0.358 e. The maximum absolute atomic E-state index is 11.5. The number of carbonyl (C=O) groups excluding carboxylic acids is 1. The van der Waals surface area contributed by atoms with Gasteiger partial charge in [-0.3, -0.25) is 9.79 Å². The second kappa shape index (κ2) is 7.23. The number of carbonyl (C=O) groups is 1. The molecular weight excluding hydrogens is 284 g/mol. The fourth-order valence-corrected chi connectivity index (χ4v) is 2.51. The zero-order chi connectivity index (χ0) is 15.2. The number of nitrogens with one attached hydrogen (secondary N) is 1. The van der Waals surface area contributed by atoms with Gasteiger partial charge in [0.2, 0.25) is 5.91 Å². The minimum absolute atomic E-state index is 0.0783. The number of amides is 1. The van der Waals surface area contributed by atoms with E-state index in [1.807, 2.05) is 42.5 Å². The van der Waals surface area contributed by atoms with E-state index in [4.69, 9.17) is 11.6 Å². The molecule has 1 aliphatic carbocycles. The van der Waals surface area contributed by atoms with Crippen molar-refractivity contribution in [3.63, 3.8) is 0 Å². The summed E-state index contributed by atoms with van der Waals surface area (Å²) in [7, 11) is 1.61. The lowest BCUT2D eigenvalue weighted by Gasteiger charge is -2.24. The Bertz CT molecular complexity index is 590. The third-order valence-electron chi connectivity index (χ3n) is 3.52. The van der Waals surface area contributed by atoms with Crippen LogP contribution in [-0.4, -0.2) is 25.2 Å². The van der Waals surface area contributed by atoms with E-state index in [2.05, 4.69) is 23.3 Å². The van der Waals surface area contributed by atoms with Crippen LogP contribution in [0.4, 0.5) is 0 Å². The molecule has 0 radical (unpaired) electrons. The topological polar surface area (TPSA) is 41.5 Å². The van der Waals surface area contributed by atoms with Crippen molar-refractivity contribution in [3.8, 4) is 0 Å². The molecule has 4 heteroatoms. The highest BCUT2D eigenvalue weighted by atomic mass is 35.5. The average molecular weight is 303 g/mol. The highest BCUT2D eigenvalue weighted by molar-refractivity contribution is 6.31. The zero-order valence-corrected chi connectivity index (χ0v) is 13.0. The summed E-state index contributed by atoms with van der Waals surface area (Å²) < 4.78 is 0. The van der Waals surface area contributed by atoms with Gasteiger partial charge in [-0.15, -0.1) is 0 Å². The van der Waals surface area contributed by atoms with Crippen LogP contribution in [0.15, 0.2) is 58.6 Å². The molecule has 0 aliphatic heterocycles. The first kappa shape index (κ1) is 15.5. The molecule has 21 heavy (non-hydrogen) atoms. The molecular formula is C17H19ClN2O. The number of rotatable bonds is 4. The summed E-state index contributed by atoms with van der Waals surface area (Å²) in [6.07, 6.45) is 5.98. The van der Waals surface area contributed by atoms with Gasteiger partial charge in [-0.2, -0.15) is 0 Å². The molecule has 1 aliphatic rings. The Morgan fingerprint density at radius 2 is 2.05 bits per heavy atom. The van der Waals surface area contributed by atoms with Gasteiger partial charge in [-0.25, -0.2) is 0 Å². The highest BCUT2D eigenvalue weighted by Gasteiger charge is 2.23. The van der Waals surface area contributed by atoms with Crippen LogP contribution >= 0.6 is 11.6 Å². The molecule has 0 heterocycles. The van der Waals surface area contributed by atoms with Gasteiger partial charge >= 0.3 is 0 Å². The number of hydrogen-bond donors (Lipinski definition) is 1. The van der Waals surface area contributed by atoms with Crippen LogP contribution in [0.2, 0.25) is 0 Å². The fraction of sp³-hybridized carbons (Fsp3) is 0.294. The number of allylic oxidation sites excluding steroid dienone is 4. The maximum atomic E-state index is 11.5. The van der Waals surface area contributed by atoms with E-state index < -0.39 is 0 Å². The Morgan fingerprint density at radius 1 is 1.33 bits per heavy atom. The van der Waals surface area contributed by atoms with Crippen LogP contribution in [0.5, 0.6) is 0 Å². The summed E-state index contributed by atoms with van der Waals surface area (Å²) in [5, 5.41) is 3.30. The summed E-state index contributed by atoms with van der Waals surface area (Å²) in [6, 6.07) is 9.93. The minimum Gasteiger partial charge on any atom is -0.358 e. The molecule has 2 unspecified atom stereocenters. The van der Waals surface area contributed by atoms with Gasteiger partial charge < -0.3 is 5.32 Å². The third kappa shape index (κ3) is 4.05. The maximum Gasteiger partial charge on any atom is 0.241 e. The smallest absolute Gasteiger partial charge is 0.241 e.